The third kappa shape index (κ3) is 5.77. The SMILES string of the molecule is c1ccc2cc(N(c3cccc4ccccc34)c3cc4oc5c(ccc6oc7cc(N(c8ccc9ccccc9c8)c8cccc9ccccc89)c8ccccc8c7c65)c4c4ccccc34)ccc2c1. The molecule has 15 rings (SSSR count). The monoisotopic (exact) mass is 892 g/mol. The average molecular weight is 893 g/mol. The average Bonchev–Trinajstić information content (AvgIpc) is 4.00. The van der Waals surface area contributed by atoms with Gasteiger partial charge in [-0.3, -0.25) is 0 Å². The number of hydrogen-bond acceptors (Lipinski definition) is 4. The van der Waals surface area contributed by atoms with Crippen LogP contribution in [0.3, 0.4) is 0 Å². The molecule has 0 aliphatic heterocycles. The van der Waals surface area contributed by atoms with E-state index >= 15 is 0 Å². The first-order valence-electron chi connectivity index (χ1n) is 23.9. The van der Waals surface area contributed by atoms with Crippen molar-refractivity contribution in [2.75, 3.05) is 9.80 Å². The Hall–Kier alpha value is -9.38. The van der Waals surface area contributed by atoms with Gasteiger partial charge in [0.05, 0.1) is 28.1 Å². The second kappa shape index (κ2) is 15.1. The summed E-state index contributed by atoms with van der Waals surface area (Å²) >= 11 is 0. The van der Waals surface area contributed by atoms with E-state index in [1.807, 2.05) is 0 Å². The zero-order valence-corrected chi connectivity index (χ0v) is 37.8. The van der Waals surface area contributed by atoms with Crippen LogP contribution in [-0.2, 0) is 0 Å². The minimum absolute atomic E-state index is 0.782. The number of hydrogen-bond donors (Lipinski definition) is 0. The first-order valence-corrected chi connectivity index (χ1v) is 23.9. The summed E-state index contributed by atoms with van der Waals surface area (Å²) in [4.78, 5) is 4.82. The van der Waals surface area contributed by atoms with Crippen LogP contribution in [0.25, 0.3) is 109 Å². The molecule has 0 unspecified atom stereocenters. The maximum Gasteiger partial charge on any atom is 0.147 e. The number of benzene rings is 13. The Morgan fingerprint density at radius 2 is 0.657 bits per heavy atom. The number of fused-ring (bicyclic) bond motifs is 15. The van der Waals surface area contributed by atoms with E-state index in [0.717, 1.165) is 99.5 Å². The molecule has 0 saturated carbocycles. The Labute approximate surface area is 402 Å². The van der Waals surface area contributed by atoms with Gasteiger partial charge in [-0.05, 0) is 91.6 Å². The molecule has 0 spiro atoms. The van der Waals surface area contributed by atoms with Crippen LogP contribution in [0.5, 0.6) is 0 Å². The predicted molar refractivity (Wildman–Crippen MR) is 295 cm³/mol. The van der Waals surface area contributed by atoms with Gasteiger partial charge in [0.15, 0.2) is 0 Å². The smallest absolute Gasteiger partial charge is 0.147 e. The van der Waals surface area contributed by atoms with E-state index in [-0.39, 0.29) is 0 Å². The third-order valence-corrected chi connectivity index (χ3v) is 14.5. The lowest BCUT2D eigenvalue weighted by molar-refractivity contribution is 0.663. The maximum atomic E-state index is 7.32. The first kappa shape index (κ1) is 38.7. The van der Waals surface area contributed by atoms with Gasteiger partial charge in [0, 0.05) is 61.2 Å². The highest BCUT2D eigenvalue weighted by molar-refractivity contribution is 6.32. The Morgan fingerprint density at radius 3 is 1.20 bits per heavy atom. The van der Waals surface area contributed by atoms with E-state index in [4.69, 9.17) is 8.83 Å². The Kier molecular flexibility index (Phi) is 8.33. The minimum atomic E-state index is 0.782. The number of rotatable bonds is 6. The van der Waals surface area contributed by atoms with Gasteiger partial charge in [-0.15, -0.1) is 0 Å². The van der Waals surface area contributed by atoms with Crippen LogP contribution in [0.4, 0.5) is 34.1 Å². The molecule has 326 valence electrons. The van der Waals surface area contributed by atoms with Crippen LogP contribution in [0.2, 0.25) is 0 Å². The van der Waals surface area contributed by atoms with Gasteiger partial charge in [-0.25, -0.2) is 0 Å². The van der Waals surface area contributed by atoms with E-state index < -0.39 is 0 Å². The lowest BCUT2D eigenvalue weighted by Gasteiger charge is -2.28. The van der Waals surface area contributed by atoms with Crippen molar-refractivity contribution in [1.82, 2.24) is 0 Å². The Morgan fingerprint density at radius 1 is 0.229 bits per heavy atom. The fourth-order valence-electron chi connectivity index (χ4n) is 11.4. The zero-order valence-electron chi connectivity index (χ0n) is 37.8. The molecule has 0 radical (unpaired) electrons. The second-order valence-corrected chi connectivity index (χ2v) is 18.4. The topological polar surface area (TPSA) is 32.8 Å². The van der Waals surface area contributed by atoms with Crippen molar-refractivity contribution in [3.05, 3.63) is 243 Å². The van der Waals surface area contributed by atoms with Crippen LogP contribution in [0, 0.1) is 0 Å². The van der Waals surface area contributed by atoms with Gasteiger partial charge in [-0.2, -0.15) is 0 Å². The third-order valence-electron chi connectivity index (χ3n) is 14.5. The number of furan rings is 2. The summed E-state index contributed by atoms with van der Waals surface area (Å²) in [5.74, 6) is 0. The highest BCUT2D eigenvalue weighted by Crippen LogP contribution is 2.51. The molecular formula is C66H40N2O2. The molecular weight excluding hydrogens is 853 g/mol. The van der Waals surface area contributed by atoms with Gasteiger partial charge in [-0.1, -0.05) is 182 Å². The zero-order chi connectivity index (χ0) is 45.9. The molecule has 4 nitrogen and oxygen atoms in total. The molecule has 0 aliphatic carbocycles. The standard InChI is InChI=1S/C66H40N2O2/c1-3-19-45-37-47(33-31-41(45)15-1)67(56-29-13-21-43-17-5-7-23-49(43)56)58-39-61-63(53-27-11-9-25-51(53)58)55-35-36-60-65(66(55)70-61)64-54-28-12-10-26-52(54)59(40-62(64)69-60)68(48-34-32-42-16-2-4-20-46(42)38-48)57-30-14-22-44-18-6-8-24-50(44)57/h1-40H. The van der Waals surface area contributed by atoms with Crippen molar-refractivity contribution < 1.29 is 8.83 Å². The van der Waals surface area contributed by atoms with Crippen molar-refractivity contribution in [2.24, 2.45) is 0 Å². The van der Waals surface area contributed by atoms with Gasteiger partial charge >= 0.3 is 0 Å². The molecule has 0 fully saturated rings. The molecule has 2 heterocycles. The van der Waals surface area contributed by atoms with Crippen molar-refractivity contribution >= 4 is 143 Å². The number of nitrogens with zero attached hydrogens (tertiary/aromatic N) is 2. The van der Waals surface area contributed by atoms with Crippen molar-refractivity contribution in [3.8, 4) is 0 Å². The molecule has 0 N–H and O–H groups in total. The van der Waals surface area contributed by atoms with E-state index in [2.05, 4.69) is 252 Å². The van der Waals surface area contributed by atoms with Crippen LogP contribution in [0.1, 0.15) is 0 Å². The van der Waals surface area contributed by atoms with Crippen LogP contribution in [0.15, 0.2) is 251 Å². The van der Waals surface area contributed by atoms with Crippen molar-refractivity contribution in [2.45, 2.75) is 0 Å². The summed E-state index contributed by atoms with van der Waals surface area (Å²) in [6.45, 7) is 0. The summed E-state index contributed by atoms with van der Waals surface area (Å²) in [5, 5.41) is 18.1. The predicted octanol–water partition coefficient (Wildman–Crippen LogP) is 19.3. The highest BCUT2D eigenvalue weighted by Gasteiger charge is 2.26. The van der Waals surface area contributed by atoms with Gasteiger partial charge in [0.1, 0.15) is 22.3 Å². The normalized spacial score (nSPS) is 12.0. The largest absolute Gasteiger partial charge is 0.456 e. The fraction of sp³-hybridized carbons (Fsp3) is 0. The molecule has 15 aromatic rings. The highest BCUT2D eigenvalue weighted by atomic mass is 16.3. The summed E-state index contributed by atoms with van der Waals surface area (Å²) in [7, 11) is 0. The van der Waals surface area contributed by atoms with E-state index in [1.165, 1.54) is 43.1 Å². The Balaban J connectivity index is 1.00. The molecule has 0 saturated heterocycles. The van der Waals surface area contributed by atoms with E-state index in [0.29, 0.717) is 0 Å². The summed E-state index contributed by atoms with van der Waals surface area (Å²) in [6, 6.07) is 87.5. The van der Waals surface area contributed by atoms with Crippen LogP contribution in [-0.4, -0.2) is 0 Å². The summed E-state index contributed by atoms with van der Waals surface area (Å²) < 4.78 is 14.3. The molecule has 13 aromatic carbocycles. The number of anilines is 6. The molecule has 0 amide bonds. The molecule has 4 heteroatoms. The lowest BCUT2D eigenvalue weighted by Crippen LogP contribution is -2.11. The van der Waals surface area contributed by atoms with Crippen LogP contribution < -0.4 is 9.80 Å². The lowest BCUT2D eigenvalue weighted by atomic mass is 9.97. The summed E-state index contributed by atoms with van der Waals surface area (Å²) in [6.07, 6.45) is 0. The molecule has 70 heavy (non-hydrogen) atoms. The van der Waals surface area contributed by atoms with E-state index in [9.17, 15) is 0 Å². The Bertz CT molecular complexity index is 4630. The fourth-order valence-corrected chi connectivity index (χ4v) is 11.4. The molecule has 2 aromatic heterocycles. The van der Waals surface area contributed by atoms with Gasteiger partial charge < -0.3 is 18.6 Å². The van der Waals surface area contributed by atoms with Gasteiger partial charge in [0.2, 0.25) is 0 Å². The van der Waals surface area contributed by atoms with E-state index in [1.54, 1.807) is 0 Å². The van der Waals surface area contributed by atoms with Crippen LogP contribution >= 0.6 is 0 Å². The molecule has 0 atom stereocenters. The minimum Gasteiger partial charge on any atom is -0.456 e. The maximum absolute atomic E-state index is 7.32. The second-order valence-electron chi connectivity index (χ2n) is 18.4. The quantitative estimate of drug-likeness (QED) is 0.166. The van der Waals surface area contributed by atoms with Crippen molar-refractivity contribution in [1.29, 1.82) is 0 Å². The molecule has 0 aliphatic rings. The summed E-state index contributed by atoms with van der Waals surface area (Å²) in [5.41, 5.74) is 9.62. The van der Waals surface area contributed by atoms with Gasteiger partial charge in [0.25, 0.3) is 0 Å². The van der Waals surface area contributed by atoms with Crippen molar-refractivity contribution in [3.63, 3.8) is 0 Å². The first-order chi connectivity index (χ1) is 34.7. The molecule has 0 bridgehead atoms.